The van der Waals surface area contributed by atoms with Gasteiger partial charge in [-0.15, -0.1) is 0 Å². The molecule has 1 saturated carbocycles. The third-order valence-electron chi connectivity index (χ3n) is 6.99. The van der Waals surface area contributed by atoms with Crippen molar-refractivity contribution in [3.05, 3.63) is 76.7 Å². The van der Waals surface area contributed by atoms with Crippen molar-refractivity contribution in [1.29, 1.82) is 0 Å². The Hall–Kier alpha value is -4.46. The van der Waals surface area contributed by atoms with Gasteiger partial charge in [0.1, 0.15) is 22.7 Å². The number of hydrogen-bond acceptors (Lipinski definition) is 7. The zero-order valence-corrected chi connectivity index (χ0v) is 20.7. The van der Waals surface area contributed by atoms with E-state index in [1.807, 2.05) is 30.3 Å². The molecule has 0 amide bonds. The second-order valence-corrected chi connectivity index (χ2v) is 9.41. The highest BCUT2D eigenvalue weighted by Crippen LogP contribution is 2.35. The summed E-state index contributed by atoms with van der Waals surface area (Å²) in [7, 11) is 1.61. The topological polar surface area (TPSA) is 99.2 Å². The molecule has 1 aliphatic rings. The Labute approximate surface area is 212 Å². The summed E-state index contributed by atoms with van der Waals surface area (Å²) in [6, 6.07) is 16.3. The van der Waals surface area contributed by atoms with Gasteiger partial charge in [0, 0.05) is 47.9 Å². The first-order chi connectivity index (χ1) is 18.0. The minimum Gasteiger partial charge on any atom is -0.497 e. The van der Waals surface area contributed by atoms with Gasteiger partial charge in [0.15, 0.2) is 11.2 Å². The van der Waals surface area contributed by atoms with Gasteiger partial charge in [-0.25, -0.2) is 4.98 Å². The van der Waals surface area contributed by atoms with Crippen molar-refractivity contribution in [3.8, 4) is 17.1 Å². The molecule has 3 heterocycles. The van der Waals surface area contributed by atoms with Crippen molar-refractivity contribution in [2.45, 2.75) is 38.6 Å². The number of Topliss-reactive ketones (excluding diaryl/α,β-unsaturated/α-hetero) is 1. The van der Waals surface area contributed by atoms with Gasteiger partial charge in [0.2, 0.25) is 5.95 Å². The van der Waals surface area contributed by atoms with Gasteiger partial charge in [0.05, 0.1) is 18.2 Å². The van der Waals surface area contributed by atoms with Crippen LogP contribution in [-0.2, 0) is 0 Å². The molecule has 1 fully saturated rings. The highest BCUT2D eigenvalue weighted by Gasteiger charge is 2.24. The van der Waals surface area contributed by atoms with Crippen LogP contribution < -0.4 is 15.5 Å². The molecule has 0 atom stereocenters. The number of benzene rings is 2. The molecule has 0 aliphatic heterocycles. The molecule has 0 saturated heterocycles. The third kappa shape index (κ3) is 4.24. The molecule has 0 spiro atoms. The lowest BCUT2D eigenvalue weighted by molar-refractivity contribution is 0.100. The Kier molecular flexibility index (Phi) is 5.71. The number of ether oxygens (including phenoxy) is 1. The smallest absolute Gasteiger partial charge is 0.229 e. The second kappa shape index (κ2) is 9.20. The van der Waals surface area contributed by atoms with Crippen LogP contribution in [0.2, 0.25) is 0 Å². The number of anilines is 2. The summed E-state index contributed by atoms with van der Waals surface area (Å²) in [5.41, 5.74) is 3.23. The average molecular weight is 495 g/mol. The molecule has 5 aromatic rings. The standard InChI is InChI=1S/C29H26N4O4/c1-17(34)24-13-19-16-30-29(32-28(19)33(24)21-5-3-4-6-21)31-20-9-12-23-25(35)15-26(37-27(23)14-20)18-7-10-22(36-2)11-8-18/h7-16,21H,3-6H2,1-2H3,(H,30,31,32). The maximum atomic E-state index is 12.8. The predicted molar refractivity (Wildman–Crippen MR) is 143 cm³/mol. The minimum absolute atomic E-state index is 0.0247. The van der Waals surface area contributed by atoms with E-state index >= 15 is 0 Å². The SMILES string of the molecule is COc1ccc(-c2cc(=O)c3ccc(Nc4ncc5cc(C(C)=O)n(C6CCCC6)c5n4)cc3o2)cc1. The van der Waals surface area contributed by atoms with Crippen molar-refractivity contribution in [2.24, 2.45) is 0 Å². The van der Waals surface area contributed by atoms with Crippen molar-refractivity contribution in [1.82, 2.24) is 14.5 Å². The maximum Gasteiger partial charge on any atom is 0.229 e. The first-order valence-corrected chi connectivity index (χ1v) is 12.4. The normalized spacial score (nSPS) is 13.9. The molecular weight excluding hydrogens is 468 g/mol. The van der Waals surface area contributed by atoms with Gasteiger partial charge in [0.25, 0.3) is 0 Å². The number of carbonyl (C=O) groups is 1. The van der Waals surface area contributed by atoms with Crippen LogP contribution >= 0.6 is 0 Å². The zero-order chi connectivity index (χ0) is 25.5. The van der Waals surface area contributed by atoms with Gasteiger partial charge in [-0.1, -0.05) is 12.8 Å². The molecule has 0 bridgehead atoms. The highest BCUT2D eigenvalue weighted by atomic mass is 16.5. The number of carbonyl (C=O) groups excluding carboxylic acids is 1. The fourth-order valence-electron chi connectivity index (χ4n) is 5.13. The number of fused-ring (bicyclic) bond motifs is 2. The van der Waals surface area contributed by atoms with E-state index in [2.05, 4.69) is 14.9 Å². The number of methoxy groups -OCH3 is 1. The number of nitrogens with one attached hydrogen (secondary N) is 1. The molecule has 1 N–H and O–H groups in total. The fourth-order valence-corrected chi connectivity index (χ4v) is 5.13. The molecule has 1 aliphatic carbocycles. The van der Waals surface area contributed by atoms with Crippen LogP contribution in [0.15, 0.2) is 70.0 Å². The number of hydrogen-bond donors (Lipinski definition) is 1. The number of rotatable bonds is 6. The van der Waals surface area contributed by atoms with E-state index in [1.165, 1.54) is 6.07 Å². The van der Waals surface area contributed by atoms with Gasteiger partial charge in [-0.05, 0) is 55.3 Å². The van der Waals surface area contributed by atoms with Crippen molar-refractivity contribution < 1.29 is 13.9 Å². The summed E-state index contributed by atoms with van der Waals surface area (Å²) in [4.78, 5) is 34.4. The third-order valence-corrected chi connectivity index (χ3v) is 6.99. The van der Waals surface area contributed by atoms with Crippen LogP contribution in [0.3, 0.4) is 0 Å². The highest BCUT2D eigenvalue weighted by molar-refractivity contribution is 5.98. The monoisotopic (exact) mass is 494 g/mol. The molecule has 6 rings (SSSR count). The summed E-state index contributed by atoms with van der Waals surface area (Å²) in [5.74, 6) is 1.63. The van der Waals surface area contributed by atoms with Gasteiger partial charge in [-0.2, -0.15) is 4.98 Å². The van der Waals surface area contributed by atoms with Crippen LogP contribution in [0.1, 0.15) is 49.1 Å². The van der Waals surface area contributed by atoms with Crippen LogP contribution in [0.4, 0.5) is 11.6 Å². The molecule has 8 heteroatoms. The van der Waals surface area contributed by atoms with Crippen molar-refractivity contribution >= 4 is 39.4 Å². The summed E-state index contributed by atoms with van der Waals surface area (Å²) in [5, 5.41) is 4.57. The Bertz CT molecular complexity index is 1700. The van der Waals surface area contributed by atoms with E-state index < -0.39 is 0 Å². The minimum atomic E-state index is -0.123. The average Bonchev–Trinajstić information content (AvgIpc) is 3.56. The number of aromatic nitrogens is 3. The van der Waals surface area contributed by atoms with Gasteiger partial charge < -0.3 is 19.0 Å². The van der Waals surface area contributed by atoms with Gasteiger partial charge in [-0.3, -0.25) is 9.59 Å². The Morgan fingerprint density at radius 3 is 2.59 bits per heavy atom. The maximum absolute atomic E-state index is 12.8. The zero-order valence-electron chi connectivity index (χ0n) is 20.7. The number of nitrogens with zero attached hydrogens (tertiary/aromatic N) is 3. The fraction of sp³-hybridized carbons (Fsp3) is 0.241. The van der Waals surface area contributed by atoms with E-state index in [-0.39, 0.29) is 17.3 Å². The predicted octanol–water partition coefficient (Wildman–Crippen LogP) is 6.27. The van der Waals surface area contributed by atoms with Gasteiger partial charge >= 0.3 is 0 Å². The van der Waals surface area contributed by atoms with E-state index in [1.54, 1.807) is 38.4 Å². The van der Waals surface area contributed by atoms with E-state index in [0.717, 1.165) is 48.0 Å². The quantitative estimate of drug-likeness (QED) is 0.278. The van der Waals surface area contributed by atoms with E-state index in [9.17, 15) is 9.59 Å². The lowest BCUT2D eigenvalue weighted by Crippen LogP contribution is -2.12. The molecule has 3 aromatic heterocycles. The summed E-state index contributed by atoms with van der Waals surface area (Å²) in [6.07, 6.45) is 6.12. The Morgan fingerprint density at radius 1 is 1.08 bits per heavy atom. The van der Waals surface area contributed by atoms with Crippen LogP contribution in [0.5, 0.6) is 5.75 Å². The van der Waals surface area contributed by atoms with Crippen LogP contribution in [0.25, 0.3) is 33.3 Å². The van der Waals surface area contributed by atoms with Crippen LogP contribution in [-0.4, -0.2) is 27.4 Å². The molecule has 186 valence electrons. The Morgan fingerprint density at radius 2 is 1.86 bits per heavy atom. The van der Waals surface area contributed by atoms with E-state index in [0.29, 0.717) is 34.1 Å². The molecule has 0 radical (unpaired) electrons. The molecule has 2 aromatic carbocycles. The lowest BCUT2D eigenvalue weighted by atomic mass is 10.1. The summed E-state index contributed by atoms with van der Waals surface area (Å²) >= 11 is 0. The van der Waals surface area contributed by atoms with E-state index in [4.69, 9.17) is 14.1 Å². The second-order valence-electron chi connectivity index (χ2n) is 9.41. The van der Waals surface area contributed by atoms with Crippen molar-refractivity contribution in [2.75, 3.05) is 12.4 Å². The number of ketones is 1. The summed E-state index contributed by atoms with van der Waals surface area (Å²) in [6.45, 7) is 1.59. The molecule has 8 nitrogen and oxygen atoms in total. The largest absolute Gasteiger partial charge is 0.497 e. The first-order valence-electron chi connectivity index (χ1n) is 12.4. The molecular formula is C29H26N4O4. The lowest BCUT2D eigenvalue weighted by Gasteiger charge is -2.16. The first kappa shape index (κ1) is 23.0. The summed E-state index contributed by atoms with van der Waals surface area (Å²) < 4.78 is 13.4. The molecule has 0 unspecified atom stereocenters. The van der Waals surface area contributed by atoms with Crippen molar-refractivity contribution in [3.63, 3.8) is 0 Å². The molecule has 37 heavy (non-hydrogen) atoms. The Balaban J connectivity index is 1.37. The van der Waals surface area contributed by atoms with Crippen LogP contribution in [0, 0.1) is 0 Å².